The number of aliphatic hydroxyl groups excluding tert-OH is 1. The Hall–Kier alpha value is -0.780. The molecule has 0 spiro atoms. The molecule has 2 N–H and O–H groups in total. The zero-order valence-electron chi connectivity index (χ0n) is 8.92. The van der Waals surface area contributed by atoms with Gasteiger partial charge in [-0.15, -0.1) is 11.3 Å². The van der Waals surface area contributed by atoms with Crippen molar-refractivity contribution >= 4 is 35.1 Å². The van der Waals surface area contributed by atoms with Crippen LogP contribution in [-0.4, -0.2) is 28.0 Å². The van der Waals surface area contributed by atoms with Crippen molar-refractivity contribution in [3.05, 3.63) is 28.0 Å². The highest BCUT2D eigenvalue weighted by atomic mass is 32.2. The quantitative estimate of drug-likeness (QED) is 0.770. The first-order valence-corrected chi connectivity index (χ1v) is 6.75. The van der Waals surface area contributed by atoms with Gasteiger partial charge in [0.25, 0.3) is 0 Å². The van der Waals surface area contributed by atoms with Gasteiger partial charge >= 0.3 is 5.97 Å². The highest BCUT2D eigenvalue weighted by molar-refractivity contribution is 7.99. The lowest BCUT2D eigenvalue weighted by molar-refractivity contribution is -0.131. The maximum absolute atomic E-state index is 10.3. The number of hydrogen-bond acceptors (Lipinski definition) is 4. The SMILES string of the molecule is CC(CO)SCc1cc(/C=C/C(=O)O)cs1. The van der Waals surface area contributed by atoms with Crippen molar-refractivity contribution in [1.29, 1.82) is 0 Å². The van der Waals surface area contributed by atoms with Crippen LogP contribution in [0.2, 0.25) is 0 Å². The molecule has 0 aliphatic carbocycles. The Kier molecular flexibility index (Phi) is 5.59. The van der Waals surface area contributed by atoms with Crippen molar-refractivity contribution < 1.29 is 15.0 Å². The third kappa shape index (κ3) is 4.83. The van der Waals surface area contributed by atoms with Crippen LogP contribution in [0.1, 0.15) is 17.4 Å². The summed E-state index contributed by atoms with van der Waals surface area (Å²) in [7, 11) is 0. The third-order valence-corrected chi connectivity index (χ3v) is 4.19. The van der Waals surface area contributed by atoms with Crippen LogP contribution in [0.4, 0.5) is 0 Å². The number of aliphatic hydroxyl groups is 1. The first kappa shape index (κ1) is 13.3. The van der Waals surface area contributed by atoms with E-state index >= 15 is 0 Å². The van der Waals surface area contributed by atoms with E-state index in [0.717, 1.165) is 17.4 Å². The van der Waals surface area contributed by atoms with E-state index in [4.69, 9.17) is 10.2 Å². The Morgan fingerprint density at radius 1 is 1.69 bits per heavy atom. The number of rotatable bonds is 6. The number of carboxylic acids is 1. The minimum Gasteiger partial charge on any atom is -0.478 e. The molecule has 0 aliphatic heterocycles. The van der Waals surface area contributed by atoms with Gasteiger partial charge in [-0.25, -0.2) is 4.79 Å². The van der Waals surface area contributed by atoms with Gasteiger partial charge in [-0.05, 0) is 23.1 Å². The zero-order chi connectivity index (χ0) is 12.0. The van der Waals surface area contributed by atoms with Crippen molar-refractivity contribution in [3.8, 4) is 0 Å². The lowest BCUT2D eigenvalue weighted by Crippen LogP contribution is -2.01. The highest BCUT2D eigenvalue weighted by Crippen LogP contribution is 2.23. The maximum Gasteiger partial charge on any atom is 0.328 e. The lowest BCUT2D eigenvalue weighted by Gasteiger charge is -2.04. The molecule has 0 aromatic carbocycles. The van der Waals surface area contributed by atoms with Crippen LogP contribution in [0, 0.1) is 0 Å². The number of thioether (sulfide) groups is 1. The molecule has 1 aromatic heterocycles. The van der Waals surface area contributed by atoms with Gasteiger partial charge in [-0.1, -0.05) is 6.92 Å². The molecule has 0 saturated carbocycles. The van der Waals surface area contributed by atoms with Gasteiger partial charge in [0.05, 0.1) is 6.61 Å². The van der Waals surface area contributed by atoms with E-state index in [1.165, 1.54) is 4.88 Å². The van der Waals surface area contributed by atoms with Gasteiger partial charge in [-0.3, -0.25) is 0 Å². The number of thiophene rings is 1. The monoisotopic (exact) mass is 258 g/mol. The topological polar surface area (TPSA) is 57.5 Å². The Morgan fingerprint density at radius 3 is 3.06 bits per heavy atom. The van der Waals surface area contributed by atoms with E-state index in [0.29, 0.717) is 0 Å². The highest BCUT2D eigenvalue weighted by Gasteiger charge is 2.03. The Labute approximate surface area is 103 Å². The van der Waals surface area contributed by atoms with Gasteiger partial charge in [-0.2, -0.15) is 11.8 Å². The molecule has 0 saturated heterocycles. The predicted molar refractivity (Wildman–Crippen MR) is 68.8 cm³/mol. The van der Waals surface area contributed by atoms with Gasteiger partial charge in [0.15, 0.2) is 0 Å². The summed E-state index contributed by atoms with van der Waals surface area (Å²) < 4.78 is 0. The van der Waals surface area contributed by atoms with Crippen LogP contribution >= 0.6 is 23.1 Å². The molecule has 0 bridgehead atoms. The molecule has 0 aliphatic rings. The molecule has 16 heavy (non-hydrogen) atoms. The van der Waals surface area contributed by atoms with Crippen LogP contribution < -0.4 is 0 Å². The van der Waals surface area contributed by atoms with Crippen LogP contribution in [-0.2, 0) is 10.5 Å². The summed E-state index contributed by atoms with van der Waals surface area (Å²) in [5, 5.41) is 19.5. The average molecular weight is 258 g/mol. The summed E-state index contributed by atoms with van der Waals surface area (Å²) >= 11 is 3.29. The van der Waals surface area contributed by atoms with E-state index in [-0.39, 0.29) is 11.9 Å². The van der Waals surface area contributed by atoms with E-state index < -0.39 is 5.97 Å². The molecule has 1 heterocycles. The normalized spacial score (nSPS) is 13.1. The number of aliphatic carboxylic acids is 1. The Balaban J connectivity index is 2.48. The Morgan fingerprint density at radius 2 is 2.44 bits per heavy atom. The predicted octanol–water partition coefficient (Wildman–Crippen LogP) is 2.46. The second-order valence-electron chi connectivity index (χ2n) is 3.32. The molecule has 1 rings (SSSR count). The maximum atomic E-state index is 10.3. The van der Waals surface area contributed by atoms with Crippen LogP contribution in [0.25, 0.3) is 6.08 Å². The molecule has 3 nitrogen and oxygen atoms in total. The third-order valence-electron chi connectivity index (χ3n) is 1.86. The second kappa shape index (κ2) is 6.73. The van der Waals surface area contributed by atoms with Crippen molar-refractivity contribution in [2.24, 2.45) is 0 Å². The summed E-state index contributed by atoms with van der Waals surface area (Å²) in [5.74, 6) is -0.0798. The van der Waals surface area contributed by atoms with E-state index in [1.54, 1.807) is 29.2 Å². The molecule has 1 atom stereocenters. The molecule has 0 radical (unpaired) electrons. The molecule has 1 aromatic rings. The minimum atomic E-state index is -0.934. The lowest BCUT2D eigenvalue weighted by atomic mass is 10.3. The van der Waals surface area contributed by atoms with Crippen molar-refractivity contribution in [3.63, 3.8) is 0 Å². The summed E-state index contributed by atoms with van der Waals surface area (Å²) in [6.07, 6.45) is 2.72. The summed E-state index contributed by atoms with van der Waals surface area (Å²) in [5.41, 5.74) is 0.916. The number of carboxylic acid groups (broad SMARTS) is 1. The second-order valence-corrected chi connectivity index (χ2v) is 5.74. The molecule has 88 valence electrons. The molecular weight excluding hydrogens is 244 g/mol. The standard InChI is InChI=1S/C11H14O3S2/c1-8(5-12)15-7-10-4-9(6-16-10)2-3-11(13)14/h2-4,6,8,12H,5,7H2,1H3,(H,13,14)/b3-2+. The van der Waals surface area contributed by atoms with E-state index in [9.17, 15) is 4.79 Å². The number of carbonyl (C=O) groups is 1. The van der Waals surface area contributed by atoms with Crippen LogP contribution in [0.5, 0.6) is 0 Å². The van der Waals surface area contributed by atoms with E-state index in [2.05, 4.69) is 0 Å². The summed E-state index contributed by atoms with van der Waals surface area (Å²) in [4.78, 5) is 11.5. The summed E-state index contributed by atoms with van der Waals surface area (Å²) in [6.45, 7) is 2.16. The largest absolute Gasteiger partial charge is 0.478 e. The van der Waals surface area contributed by atoms with Crippen LogP contribution in [0.3, 0.4) is 0 Å². The van der Waals surface area contributed by atoms with Gasteiger partial charge < -0.3 is 10.2 Å². The van der Waals surface area contributed by atoms with Gasteiger partial charge in [0.2, 0.25) is 0 Å². The first-order chi connectivity index (χ1) is 7.61. The van der Waals surface area contributed by atoms with Crippen molar-refractivity contribution in [1.82, 2.24) is 0 Å². The van der Waals surface area contributed by atoms with E-state index in [1.807, 2.05) is 18.4 Å². The molecule has 5 heteroatoms. The smallest absolute Gasteiger partial charge is 0.328 e. The molecular formula is C11H14O3S2. The van der Waals surface area contributed by atoms with Crippen molar-refractivity contribution in [2.75, 3.05) is 6.61 Å². The molecule has 0 fully saturated rings. The number of hydrogen-bond donors (Lipinski definition) is 2. The first-order valence-electron chi connectivity index (χ1n) is 4.82. The van der Waals surface area contributed by atoms with Crippen LogP contribution in [0.15, 0.2) is 17.5 Å². The Bertz CT molecular complexity index is 371. The van der Waals surface area contributed by atoms with Gasteiger partial charge in [0.1, 0.15) is 0 Å². The van der Waals surface area contributed by atoms with Crippen molar-refractivity contribution in [2.45, 2.75) is 17.9 Å². The summed E-state index contributed by atoms with van der Waals surface area (Å²) in [6, 6.07) is 1.97. The molecule has 1 unspecified atom stereocenters. The fraction of sp³-hybridized carbons (Fsp3) is 0.364. The fourth-order valence-electron chi connectivity index (χ4n) is 1.01. The fourth-order valence-corrected chi connectivity index (χ4v) is 2.76. The zero-order valence-corrected chi connectivity index (χ0v) is 10.6. The van der Waals surface area contributed by atoms with Gasteiger partial charge in [0, 0.05) is 22.0 Å². The average Bonchev–Trinajstić information content (AvgIpc) is 2.71. The minimum absolute atomic E-state index is 0.182. The molecule has 0 amide bonds.